The lowest BCUT2D eigenvalue weighted by molar-refractivity contribution is 0.417. The third-order valence-electron chi connectivity index (χ3n) is 5.95. The first-order valence-electron chi connectivity index (χ1n) is 11.4. The number of nitrogens with zero attached hydrogens (tertiary/aromatic N) is 5. The van der Waals surface area contributed by atoms with Gasteiger partial charge in [-0.2, -0.15) is 5.26 Å². The highest BCUT2D eigenvalue weighted by Crippen LogP contribution is 2.31. The average Bonchev–Trinajstić information content (AvgIpc) is 3.33. The maximum absolute atomic E-state index is 9.46. The molecule has 1 aliphatic heterocycles. The molecule has 5 rings (SSSR count). The van der Waals surface area contributed by atoms with Crippen LogP contribution in [0.15, 0.2) is 90.2 Å². The minimum atomic E-state index is 0.505. The number of hydrogen-bond acceptors (Lipinski definition) is 4. The number of aromatic nitrogens is 2. The summed E-state index contributed by atoms with van der Waals surface area (Å²) in [6.07, 6.45) is 5.66. The first-order valence-corrected chi connectivity index (χ1v) is 11.7. The number of benzene rings is 3. The molecule has 0 bridgehead atoms. The Balaban J connectivity index is 1.52. The molecule has 0 saturated carbocycles. The van der Waals surface area contributed by atoms with Gasteiger partial charge >= 0.3 is 0 Å². The lowest BCUT2D eigenvalue weighted by Crippen LogP contribution is -2.41. The second kappa shape index (κ2) is 10.3. The number of anilines is 1. The van der Waals surface area contributed by atoms with Crippen molar-refractivity contribution in [1.82, 2.24) is 20.2 Å². The van der Waals surface area contributed by atoms with Crippen LogP contribution in [0.4, 0.5) is 11.4 Å². The summed E-state index contributed by atoms with van der Waals surface area (Å²) in [5.41, 5.74) is 5.33. The number of rotatable bonds is 4. The number of halogens is 1. The standard InChI is InChI=1S/C27H24ClN7/c28-23-7-9-24(10-8-23)33-27(32-19-29)35-15-14-34(18-26-30-12-13-31-26)25-11-6-21(16-22(25)17-35)20-4-2-1-3-5-20/h1-13,16H,14-15,17-18H2,(H,30,31)(H,32,33). The van der Waals surface area contributed by atoms with Crippen molar-refractivity contribution in [2.24, 2.45) is 4.99 Å². The van der Waals surface area contributed by atoms with E-state index < -0.39 is 0 Å². The van der Waals surface area contributed by atoms with Crippen molar-refractivity contribution < 1.29 is 0 Å². The molecular weight excluding hydrogens is 458 g/mol. The molecular formula is C27H24ClN7. The molecule has 0 unspecified atom stereocenters. The van der Waals surface area contributed by atoms with Gasteiger partial charge in [0, 0.05) is 42.7 Å². The molecule has 2 N–H and O–H groups in total. The van der Waals surface area contributed by atoms with E-state index in [4.69, 9.17) is 16.6 Å². The van der Waals surface area contributed by atoms with Crippen LogP contribution in [0.5, 0.6) is 0 Å². The second-order valence-electron chi connectivity index (χ2n) is 8.24. The van der Waals surface area contributed by atoms with Gasteiger partial charge < -0.3 is 14.8 Å². The lowest BCUT2D eigenvalue weighted by Gasteiger charge is -2.25. The highest BCUT2D eigenvalue weighted by Gasteiger charge is 2.23. The number of H-pyrrole nitrogens is 1. The lowest BCUT2D eigenvalue weighted by atomic mass is 10.0. The van der Waals surface area contributed by atoms with Gasteiger partial charge in [-0.25, -0.2) is 9.98 Å². The van der Waals surface area contributed by atoms with Crippen LogP contribution in [0.1, 0.15) is 11.4 Å². The normalized spacial score (nSPS) is 13.7. The van der Waals surface area contributed by atoms with Gasteiger partial charge in [-0.05, 0) is 53.1 Å². The van der Waals surface area contributed by atoms with Gasteiger partial charge in [-0.1, -0.05) is 48.0 Å². The van der Waals surface area contributed by atoms with Crippen molar-refractivity contribution in [2.75, 3.05) is 18.0 Å². The molecule has 0 atom stereocenters. The monoisotopic (exact) mass is 481 g/mol. The second-order valence-corrected chi connectivity index (χ2v) is 8.67. The minimum Gasteiger partial charge on any atom is -0.362 e. The van der Waals surface area contributed by atoms with Gasteiger partial charge in [0.05, 0.1) is 12.2 Å². The van der Waals surface area contributed by atoms with Crippen molar-refractivity contribution in [3.8, 4) is 17.3 Å². The third-order valence-corrected chi connectivity index (χ3v) is 6.20. The van der Waals surface area contributed by atoms with Crippen LogP contribution in [0.3, 0.4) is 0 Å². The molecule has 0 spiro atoms. The Bertz CT molecular complexity index is 1340. The smallest absolute Gasteiger partial charge is 0.212 e. The molecule has 0 saturated heterocycles. The molecule has 1 aliphatic rings. The molecule has 8 heteroatoms. The summed E-state index contributed by atoms with van der Waals surface area (Å²) in [5, 5.41) is 12.9. The van der Waals surface area contributed by atoms with Gasteiger partial charge in [0.2, 0.25) is 5.96 Å². The van der Waals surface area contributed by atoms with Crippen molar-refractivity contribution in [3.05, 3.63) is 102 Å². The maximum atomic E-state index is 9.46. The van der Waals surface area contributed by atoms with E-state index >= 15 is 0 Å². The van der Waals surface area contributed by atoms with Gasteiger partial charge in [-0.15, -0.1) is 0 Å². The number of guanidine groups is 1. The predicted molar refractivity (Wildman–Crippen MR) is 139 cm³/mol. The van der Waals surface area contributed by atoms with Crippen molar-refractivity contribution in [1.29, 1.82) is 5.26 Å². The predicted octanol–water partition coefficient (Wildman–Crippen LogP) is 5.31. The molecule has 0 radical (unpaired) electrons. The molecule has 174 valence electrons. The summed E-state index contributed by atoms with van der Waals surface area (Å²) in [6, 6.07) is 24.2. The number of nitrogens with one attached hydrogen (secondary N) is 2. The van der Waals surface area contributed by atoms with Gasteiger partial charge in [0.25, 0.3) is 0 Å². The van der Waals surface area contributed by atoms with Crippen LogP contribution in [-0.2, 0) is 13.1 Å². The van der Waals surface area contributed by atoms with Crippen LogP contribution in [0, 0.1) is 11.5 Å². The van der Waals surface area contributed by atoms with Crippen molar-refractivity contribution in [3.63, 3.8) is 0 Å². The van der Waals surface area contributed by atoms with E-state index in [9.17, 15) is 5.26 Å². The fraction of sp³-hybridized carbons (Fsp3) is 0.148. The van der Waals surface area contributed by atoms with E-state index in [2.05, 4.69) is 55.4 Å². The Hall–Kier alpha value is -4.28. The SMILES string of the molecule is N#CNC(=Nc1ccc(Cl)cc1)N1CCN(Cc2ncc[nH]2)c2ccc(-c3ccccc3)cc2C1. The quantitative estimate of drug-likeness (QED) is 0.178. The van der Waals surface area contributed by atoms with E-state index in [1.54, 1.807) is 18.3 Å². The zero-order valence-electron chi connectivity index (χ0n) is 19.0. The summed E-state index contributed by atoms with van der Waals surface area (Å²) >= 11 is 6.04. The highest BCUT2D eigenvalue weighted by molar-refractivity contribution is 6.30. The molecule has 2 heterocycles. The van der Waals surface area contributed by atoms with Gasteiger partial charge in [-0.3, -0.25) is 5.32 Å². The third kappa shape index (κ3) is 5.29. The Kier molecular flexibility index (Phi) is 6.64. The van der Waals surface area contributed by atoms with Crippen LogP contribution in [0.2, 0.25) is 5.02 Å². The minimum absolute atomic E-state index is 0.505. The summed E-state index contributed by atoms with van der Waals surface area (Å²) in [5.74, 6) is 1.41. The zero-order valence-corrected chi connectivity index (χ0v) is 19.8. The molecule has 0 aliphatic carbocycles. The number of nitriles is 1. The fourth-order valence-electron chi connectivity index (χ4n) is 4.25. The van der Waals surface area contributed by atoms with Crippen LogP contribution in [0.25, 0.3) is 11.1 Å². The molecule has 0 fully saturated rings. The summed E-state index contributed by atoms with van der Waals surface area (Å²) < 4.78 is 0. The van der Waals surface area contributed by atoms with Gasteiger partial charge in [0.1, 0.15) is 5.82 Å². The van der Waals surface area contributed by atoms with E-state index in [1.165, 1.54) is 0 Å². The molecule has 7 nitrogen and oxygen atoms in total. The molecule has 35 heavy (non-hydrogen) atoms. The average molecular weight is 482 g/mol. The van der Waals surface area contributed by atoms with Crippen molar-refractivity contribution in [2.45, 2.75) is 13.1 Å². The molecule has 3 aromatic carbocycles. The van der Waals surface area contributed by atoms with E-state index in [0.717, 1.165) is 40.4 Å². The molecule has 1 aromatic heterocycles. The number of fused-ring (bicyclic) bond motifs is 1. The summed E-state index contributed by atoms with van der Waals surface area (Å²) in [7, 11) is 0. The maximum Gasteiger partial charge on any atom is 0.212 e. The van der Waals surface area contributed by atoms with Crippen molar-refractivity contribution >= 4 is 28.9 Å². The molecule has 0 amide bonds. The fourth-order valence-corrected chi connectivity index (χ4v) is 4.38. The highest BCUT2D eigenvalue weighted by atomic mass is 35.5. The van der Waals surface area contributed by atoms with Crippen LogP contribution in [-0.4, -0.2) is 33.9 Å². The Labute approximate surface area is 209 Å². The van der Waals surface area contributed by atoms with Crippen LogP contribution >= 0.6 is 11.6 Å². The summed E-state index contributed by atoms with van der Waals surface area (Å²) in [4.78, 5) is 16.8. The first-order chi connectivity index (χ1) is 17.2. The largest absolute Gasteiger partial charge is 0.362 e. The summed E-state index contributed by atoms with van der Waals surface area (Å²) in [6.45, 7) is 2.68. The van der Waals surface area contributed by atoms with Gasteiger partial charge in [0.15, 0.2) is 6.19 Å². The number of imidazole rings is 1. The van der Waals surface area contributed by atoms with E-state index in [-0.39, 0.29) is 0 Å². The zero-order chi connectivity index (χ0) is 24.0. The first kappa shape index (κ1) is 22.5. The van der Waals surface area contributed by atoms with Crippen LogP contribution < -0.4 is 10.2 Å². The van der Waals surface area contributed by atoms with E-state index in [1.807, 2.05) is 42.7 Å². The Morgan fingerprint density at radius 3 is 2.63 bits per heavy atom. The number of hydrogen-bond donors (Lipinski definition) is 2. The molecule has 4 aromatic rings. The number of aromatic amines is 1. The topological polar surface area (TPSA) is 83.3 Å². The number of aliphatic imine (C=N–C) groups is 1. The Morgan fingerprint density at radius 2 is 1.89 bits per heavy atom. The van der Waals surface area contributed by atoms with E-state index in [0.29, 0.717) is 30.6 Å². The Morgan fingerprint density at radius 1 is 1.06 bits per heavy atom.